The first-order valence-electron chi connectivity index (χ1n) is 6.75. The van der Waals surface area contributed by atoms with Crippen molar-refractivity contribution in [2.45, 2.75) is 6.42 Å². The quantitative estimate of drug-likeness (QED) is 0.624. The minimum absolute atomic E-state index is 0.0273. The molecule has 0 aliphatic heterocycles. The number of amides is 1. The number of carbonyl (C=O) groups is 1. The van der Waals surface area contributed by atoms with E-state index in [-0.39, 0.29) is 5.57 Å². The Kier molecular flexibility index (Phi) is 5.64. The second-order valence-electron chi connectivity index (χ2n) is 4.38. The van der Waals surface area contributed by atoms with Crippen LogP contribution in [0.2, 0.25) is 0 Å². The predicted molar refractivity (Wildman–Crippen MR) is 82.5 cm³/mol. The van der Waals surface area contributed by atoms with E-state index in [1.807, 2.05) is 36.4 Å². The van der Waals surface area contributed by atoms with Crippen LogP contribution in [0.1, 0.15) is 5.56 Å². The summed E-state index contributed by atoms with van der Waals surface area (Å²) in [5.41, 5.74) is 1.10. The Hall–Kier alpha value is -3.20. The number of hydrogen-bond acceptors (Lipinski definition) is 5. The Morgan fingerprint density at radius 1 is 1.18 bits per heavy atom. The molecule has 1 aromatic carbocycles. The molecule has 0 unspecified atom stereocenters. The van der Waals surface area contributed by atoms with Gasteiger partial charge in [-0.25, -0.2) is 9.97 Å². The zero-order chi connectivity index (χ0) is 15.6. The molecule has 22 heavy (non-hydrogen) atoms. The highest BCUT2D eigenvalue weighted by atomic mass is 16.1. The van der Waals surface area contributed by atoms with Crippen LogP contribution in [0.25, 0.3) is 0 Å². The van der Waals surface area contributed by atoms with Crippen LogP contribution in [0.5, 0.6) is 0 Å². The third kappa shape index (κ3) is 4.72. The third-order valence-corrected chi connectivity index (χ3v) is 2.82. The van der Waals surface area contributed by atoms with Crippen LogP contribution in [0.15, 0.2) is 60.6 Å². The molecular formula is C16H15N5O. The van der Waals surface area contributed by atoms with Gasteiger partial charge >= 0.3 is 0 Å². The van der Waals surface area contributed by atoms with E-state index in [1.165, 1.54) is 6.20 Å². The van der Waals surface area contributed by atoms with Crippen LogP contribution >= 0.6 is 0 Å². The molecule has 1 amide bonds. The smallest absolute Gasteiger partial charge is 0.263 e. The maximum Gasteiger partial charge on any atom is 0.263 e. The van der Waals surface area contributed by atoms with E-state index >= 15 is 0 Å². The van der Waals surface area contributed by atoms with Gasteiger partial charge in [-0.05, 0) is 18.1 Å². The standard InChI is InChI=1S/C16H15N5O/c17-11-14(12-21-16-19-8-4-9-20-16)15(22)18-10-7-13-5-2-1-3-6-13/h1-6,8-9,12H,7,10H2,(H,18,22)(H,19,20,21)/b14-12-. The van der Waals surface area contributed by atoms with Crippen LogP contribution in [0.4, 0.5) is 5.95 Å². The molecule has 2 rings (SSSR count). The summed E-state index contributed by atoms with van der Waals surface area (Å²) in [5.74, 6) is -0.103. The SMILES string of the molecule is N#C/C(=C/Nc1ncccn1)C(=O)NCCc1ccccc1. The zero-order valence-corrected chi connectivity index (χ0v) is 11.9. The van der Waals surface area contributed by atoms with Gasteiger partial charge < -0.3 is 10.6 Å². The number of nitriles is 1. The first kappa shape index (κ1) is 15.2. The van der Waals surface area contributed by atoms with Crippen molar-refractivity contribution in [2.24, 2.45) is 0 Å². The molecular weight excluding hydrogens is 278 g/mol. The number of carbonyl (C=O) groups excluding carboxylic acids is 1. The second-order valence-corrected chi connectivity index (χ2v) is 4.38. The van der Waals surface area contributed by atoms with Crippen molar-refractivity contribution in [3.05, 3.63) is 66.1 Å². The number of aromatic nitrogens is 2. The summed E-state index contributed by atoms with van der Waals surface area (Å²) in [6, 6.07) is 13.3. The number of nitrogens with zero attached hydrogens (tertiary/aromatic N) is 3. The van der Waals surface area contributed by atoms with Gasteiger partial charge in [0, 0.05) is 25.1 Å². The molecule has 0 aliphatic rings. The number of benzene rings is 1. The Labute approximate surface area is 128 Å². The van der Waals surface area contributed by atoms with Gasteiger partial charge in [-0.15, -0.1) is 0 Å². The van der Waals surface area contributed by atoms with E-state index < -0.39 is 5.91 Å². The molecule has 6 nitrogen and oxygen atoms in total. The van der Waals surface area contributed by atoms with Crippen LogP contribution < -0.4 is 10.6 Å². The summed E-state index contributed by atoms with van der Waals surface area (Å²) in [7, 11) is 0. The Bertz CT molecular complexity index is 677. The number of nitrogens with one attached hydrogen (secondary N) is 2. The lowest BCUT2D eigenvalue weighted by atomic mass is 10.1. The molecule has 6 heteroatoms. The molecule has 0 saturated carbocycles. The van der Waals surface area contributed by atoms with Crippen molar-refractivity contribution in [1.82, 2.24) is 15.3 Å². The molecule has 0 aliphatic carbocycles. The average molecular weight is 293 g/mol. The van der Waals surface area contributed by atoms with E-state index in [4.69, 9.17) is 5.26 Å². The van der Waals surface area contributed by atoms with Crippen LogP contribution in [0, 0.1) is 11.3 Å². The second kappa shape index (κ2) is 8.17. The van der Waals surface area contributed by atoms with E-state index in [1.54, 1.807) is 18.5 Å². The molecule has 2 N–H and O–H groups in total. The molecule has 0 saturated heterocycles. The molecule has 0 spiro atoms. The van der Waals surface area contributed by atoms with Crippen LogP contribution in [0.3, 0.4) is 0 Å². The van der Waals surface area contributed by atoms with Crippen molar-refractivity contribution in [2.75, 3.05) is 11.9 Å². The lowest BCUT2D eigenvalue weighted by molar-refractivity contribution is -0.117. The van der Waals surface area contributed by atoms with Gasteiger partial charge in [-0.3, -0.25) is 4.79 Å². The molecule has 110 valence electrons. The van der Waals surface area contributed by atoms with Crippen molar-refractivity contribution >= 4 is 11.9 Å². The van der Waals surface area contributed by atoms with E-state index in [9.17, 15) is 4.79 Å². The number of rotatable bonds is 6. The normalized spacial score (nSPS) is 10.6. The van der Waals surface area contributed by atoms with Crippen LogP contribution in [-0.2, 0) is 11.2 Å². The molecule has 0 fully saturated rings. The highest BCUT2D eigenvalue weighted by Gasteiger charge is 2.08. The van der Waals surface area contributed by atoms with E-state index in [0.29, 0.717) is 18.9 Å². The van der Waals surface area contributed by atoms with Crippen molar-refractivity contribution in [1.29, 1.82) is 5.26 Å². The first-order valence-corrected chi connectivity index (χ1v) is 6.75. The lowest BCUT2D eigenvalue weighted by Crippen LogP contribution is -2.27. The zero-order valence-electron chi connectivity index (χ0n) is 11.9. The summed E-state index contributed by atoms with van der Waals surface area (Å²) in [6.45, 7) is 0.462. The topological polar surface area (TPSA) is 90.7 Å². The summed E-state index contributed by atoms with van der Waals surface area (Å²) < 4.78 is 0. The van der Waals surface area contributed by atoms with Crippen molar-refractivity contribution < 1.29 is 4.79 Å². The predicted octanol–water partition coefficient (Wildman–Crippen LogP) is 1.65. The van der Waals surface area contributed by atoms with E-state index in [2.05, 4.69) is 20.6 Å². The van der Waals surface area contributed by atoms with Gasteiger partial charge in [0.05, 0.1) is 0 Å². The van der Waals surface area contributed by atoms with Gasteiger partial charge in [0.15, 0.2) is 0 Å². The van der Waals surface area contributed by atoms with Gasteiger partial charge in [-0.2, -0.15) is 5.26 Å². The Morgan fingerprint density at radius 3 is 2.59 bits per heavy atom. The summed E-state index contributed by atoms with van der Waals surface area (Å²) in [5, 5.41) is 14.5. The summed E-state index contributed by atoms with van der Waals surface area (Å²) in [4.78, 5) is 19.8. The Balaban J connectivity index is 1.85. The van der Waals surface area contributed by atoms with Gasteiger partial charge in [-0.1, -0.05) is 30.3 Å². The molecule has 0 bridgehead atoms. The maximum atomic E-state index is 11.9. The maximum absolute atomic E-state index is 11.9. The third-order valence-electron chi connectivity index (χ3n) is 2.82. The molecule has 0 atom stereocenters. The fourth-order valence-electron chi connectivity index (χ4n) is 1.72. The summed E-state index contributed by atoms with van der Waals surface area (Å²) >= 11 is 0. The average Bonchev–Trinajstić information content (AvgIpc) is 2.57. The number of anilines is 1. The molecule has 1 heterocycles. The Morgan fingerprint density at radius 2 is 1.91 bits per heavy atom. The van der Waals surface area contributed by atoms with Crippen molar-refractivity contribution in [3.63, 3.8) is 0 Å². The van der Waals surface area contributed by atoms with Crippen molar-refractivity contribution in [3.8, 4) is 6.07 Å². The summed E-state index contributed by atoms with van der Waals surface area (Å²) in [6.07, 6.45) is 5.14. The molecule has 1 aromatic heterocycles. The monoisotopic (exact) mass is 293 g/mol. The van der Waals surface area contributed by atoms with Gasteiger partial charge in [0.25, 0.3) is 5.91 Å². The van der Waals surface area contributed by atoms with Crippen LogP contribution in [-0.4, -0.2) is 22.4 Å². The molecule has 0 radical (unpaired) electrons. The highest BCUT2D eigenvalue weighted by molar-refractivity contribution is 5.97. The minimum Gasteiger partial charge on any atom is -0.351 e. The van der Waals surface area contributed by atoms with E-state index in [0.717, 1.165) is 5.56 Å². The lowest BCUT2D eigenvalue weighted by Gasteiger charge is -2.05. The molecule has 2 aromatic rings. The number of hydrogen-bond donors (Lipinski definition) is 2. The minimum atomic E-state index is -0.429. The first-order chi connectivity index (χ1) is 10.8. The highest BCUT2D eigenvalue weighted by Crippen LogP contribution is 2.00. The fraction of sp³-hybridized carbons (Fsp3) is 0.125. The fourth-order valence-corrected chi connectivity index (χ4v) is 1.72. The largest absolute Gasteiger partial charge is 0.351 e. The van der Waals surface area contributed by atoms with Gasteiger partial charge in [0.2, 0.25) is 5.95 Å². The van der Waals surface area contributed by atoms with Gasteiger partial charge in [0.1, 0.15) is 11.6 Å².